The molecule has 1 amide bonds. The molecule has 5 nitrogen and oxygen atoms in total. The monoisotopic (exact) mass is 362 g/mol. The Hall–Kier alpha value is -2.24. The molecule has 0 aliphatic carbocycles. The minimum absolute atomic E-state index is 0.0278. The fraction of sp³-hybridized carbons (Fsp3) is 0.316. The van der Waals surface area contributed by atoms with E-state index in [4.69, 9.17) is 21.1 Å². The highest BCUT2D eigenvalue weighted by molar-refractivity contribution is 6.31. The highest BCUT2D eigenvalue weighted by Gasteiger charge is 2.18. The van der Waals surface area contributed by atoms with Crippen LogP contribution in [-0.2, 0) is 0 Å². The zero-order chi connectivity index (χ0) is 18.4. The smallest absolute Gasteiger partial charge is 0.255 e. The summed E-state index contributed by atoms with van der Waals surface area (Å²) in [6, 6.07) is 12.8. The molecule has 0 heterocycles. The summed E-state index contributed by atoms with van der Waals surface area (Å²) in [5.41, 5.74) is 1.51. The molecule has 1 N–H and O–H groups in total. The summed E-state index contributed by atoms with van der Waals surface area (Å²) in [5.74, 6) is 1.07. The molecule has 0 spiro atoms. The number of nitrogens with one attached hydrogen (secondary N) is 1. The van der Waals surface area contributed by atoms with Crippen LogP contribution in [0.15, 0.2) is 42.5 Å². The van der Waals surface area contributed by atoms with Crippen molar-refractivity contribution in [2.24, 2.45) is 0 Å². The fourth-order valence-corrected chi connectivity index (χ4v) is 2.74. The van der Waals surface area contributed by atoms with Crippen molar-refractivity contribution in [2.75, 3.05) is 34.9 Å². The third-order valence-corrected chi connectivity index (χ3v) is 4.22. The Morgan fingerprint density at radius 1 is 1.12 bits per heavy atom. The van der Waals surface area contributed by atoms with Gasteiger partial charge in [-0.1, -0.05) is 23.7 Å². The van der Waals surface area contributed by atoms with E-state index in [1.807, 2.05) is 38.4 Å². The van der Waals surface area contributed by atoms with Crippen LogP contribution in [0, 0.1) is 0 Å². The summed E-state index contributed by atoms with van der Waals surface area (Å²) in [4.78, 5) is 14.6. The Kier molecular flexibility index (Phi) is 6.67. The van der Waals surface area contributed by atoms with Gasteiger partial charge in [0.15, 0.2) is 0 Å². The predicted molar refractivity (Wildman–Crippen MR) is 99.8 cm³/mol. The van der Waals surface area contributed by atoms with Gasteiger partial charge in [-0.25, -0.2) is 0 Å². The van der Waals surface area contributed by atoms with Crippen molar-refractivity contribution >= 4 is 17.5 Å². The van der Waals surface area contributed by atoms with Gasteiger partial charge in [-0.15, -0.1) is 0 Å². The van der Waals surface area contributed by atoms with Gasteiger partial charge in [-0.2, -0.15) is 0 Å². The first-order chi connectivity index (χ1) is 12.0. The van der Waals surface area contributed by atoms with E-state index in [-0.39, 0.29) is 11.9 Å². The van der Waals surface area contributed by atoms with E-state index >= 15 is 0 Å². The summed E-state index contributed by atoms with van der Waals surface area (Å²) in [6.45, 7) is 0.452. The van der Waals surface area contributed by atoms with E-state index in [2.05, 4.69) is 10.2 Å². The van der Waals surface area contributed by atoms with Gasteiger partial charge in [0, 0.05) is 11.6 Å². The highest BCUT2D eigenvalue weighted by Crippen LogP contribution is 2.24. The normalized spacial score (nSPS) is 11.9. The molecular formula is C19H23ClN2O3. The Labute approximate surface area is 153 Å². The number of rotatable bonds is 7. The summed E-state index contributed by atoms with van der Waals surface area (Å²) >= 11 is 6.00. The largest absolute Gasteiger partial charge is 0.497 e. The zero-order valence-electron chi connectivity index (χ0n) is 14.9. The number of carbonyl (C=O) groups excluding carboxylic acids is 1. The first-order valence-electron chi connectivity index (χ1n) is 7.88. The number of amides is 1. The van der Waals surface area contributed by atoms with Crippen LogP contribution in [-0.4, -0.2) is 45.7 Å². The lowest BCUT2D eigenvalue weighted by Gasteiger charge is -2.25. The Bertz CT molecular complexity index is 717. The molecule has 0 saturated carbocycles. The molecule has 134 valence electrons. The van der Waals surface area contributed by atoms with E-state index in [9.17, 15) is 4.79 Å². The van der Waals surface area contributed by atoms with Gasteiger partial charge < -0.3 is 19.7 Å². The van der Waals surface area contributed by atoms with Gasteiger partial charge in [0.2, 0.25) is 0 Å². The van der Waals surface area contributed by atoms with Crippen LogP contribution in [0.4, 0.5) is 0 Å². The number of nitrogens with zero attached hydrogens (tertiary/aromatic N) is 1. The molecule has 2 aromatic rings. The summed E-state index contributed by atoms with van der Waals surface area (Å²) in [7, 11) is 7.11. The van der Waals surface area contributed by atoms with Crippen LogP contribution in [0.25, 0.3) is 0 Å². The molecular weight excluding hydrogens is 340 g/mol. The van der Waals surface area contributed by atoms with Crippen molar-refractivity contribution in [1.82, 2.24) is 10.2 Å². The topological polar surface area (TPSA) is 50.8 Å². The van der Waals surface area contributed by atoms with Gasteiger partial charge in [-0.3, -0.25) is 4.79 Å². The molecule has 2 aromatic carbocycles. The maximum Gasteiger partial charge on any atom is 0.255 e. The minimum atomic E-state index is -0.222. The number of likely N-dealkylation sites (N-methyl/N-ethyl adjacent to an activating group) is 1. The lowest BCUT2D eigenvalue weighted by molar-refractivity contribution is 0.0939. The molecule has 0 unspecified atom stereocenters. The Morgan fingerprint density at radius 2 is 1.80 bits per heavy atom. The number of benzene rings is 2. The predicted octanol–water partition coefficient (Wildman–Crippen LogP) is 3.39. The van der Waals surface area contributed by atoms with E-state index < -0.39 is 0 Å². The number of halogens is 1. The molecule has 0 aliphatic heterocycles. The summed E-state index contributed by atoms with van der Waals surface area (Å²) in [5, 5.41) is 3.45. The third-order valence-electron chi connectivity index (χ3n) is 3.99. The van der Waals surface area contributed by atoms with Crippen molar-refractivity contribution in [2.45, 2.75) is 6.04 Å². The molecule has 2 rings (SSSR count). The standard InChI is InChI=1S/C19H23ClN2O3/c1-22(2)17(13-5-8-15(24-3)9-6-13)12-21-19(23)16-11-14(20)7-10-18(16)25-4/h5-11,17H,12H2,1-4H3,(H,21,23)/t17-/m1/s1. The van der Waals surface area contributed by atoms with Crippen LogP contribution in [0.2, 0.25) is 5.02 Å². The van der Waals surface area contributed by atoms with Crippen LogP contribution >= 0.6 is 11.6 Å². The molecule has 0 aromatic heterocycles. The fourth-order valence-electron chi connectivity index (χ4n) is 2.57. The molecule has 0 aliphatic rings. The van der Waals surface area contributed by atoms with Gasteiger partial charge in [0.05, 0.1) is 25.8 Å². The number of methoxy groups -OCH3 is 2. The van der Waals surface area contributed by atoms with Gasteiger partial charge in [0.25, 0.3) is 5.91 Å². The van der Waals surface area contributed by atoms with E-state index in [1.165, 1.54) is 7.11 Å². The van der Waals surface area contributed by atoms with Crippen LogP contribution < -0.4 is 14.8 Å². The van der Waals surface area contributed by atoms with Gasteiger partial charge in [-0.05, 0) is 50.0 Å². The second-order valence-electron chi connectivity index (χ2n) is 5.81. The summed E-state index contributed by atoms with van der Waals surface area (Å²) < 4.78 is 10.4. The van der Waals surface area contributed by atoms with E-state index in [1.54, 1.807) is 25.3 Å². The highest BCUT2D eigenvalue weighted by atomic mass is 35.5. The summed E-state index contributed by atoms with van der Waals surface area (Å²) in [6.07, 6.45) is 0. The van der Waals surface area contributed by atoms with Crippen LogP contribution in [0.3, 0.4) is 0 Å². The maximum atomic E-state index is 12.5. The SMILES string of the molecule is COc1ccc([C@@H](CNC(=O)c2cc(Cl)ccc2OC)N(C)C)cc1. The third kappa shape index (κ3) is 4.87. The number of ether oxygens (including phenoxy) is 2. The zero-order valence-corrected chi connectivity index (χ0v) is 15.6. The maximum absolute atomic E-state index is 12.5. The molecule has 1 atom stereocenters. The molecule has 0 bridgehead atoms. The first kappa shape index (κ1) is 19.1. The van der Waals surface area contributed by atoms with Crippen molar-refractivity contribution in [3.63, 3.8) is 0 Å². The molecule has 0 radical (unpaired) electrons. The second kappa shape index (κ2) is 8.74. The molecule has 25 heavy (non-hydrogen) atoms. The van der Waals surface area contributed by atoms with Crippen molar-refractivity contribution in [1.29, 1.82) is 0 Å². The van der Waals surface area contributed by atoms with Crippen LogP contribution in [0.5, 0.6) is 11.5 Å². The average molecular weight is 363 g/mol. The van der Waals surface area contributed by atoms with Crippen molar-refractivity contribution in [3.05, 3.63) is 58.6 Å². The second-order valence-corrected chi connectivity index (χ2v) is 6.24. The molecule has 6 heteroatoms. The van der Waals surface area contributed by atoms with Crippen molar-refractivity contribution in [3.8, 4) is 11.5 Å². The van der Waals surface area contributed by atoms with E-state index in [0.29, 0.717) is 22.9 Å². The minimum Gasteiger partial charge on any atom is -0.497 e. The molecule has 0 saturated heterocycles. The lowest BCUT2D eigenvalue weighted by atomic mass is 10.1. The van der Waals surface area contributed by atoms with Crippen molar-refractivity contribution < 1.29 is 14.3 Å². The number of hydrogen-bond donors (Lipinski definition) is 1. The Balaban J connectivity index is 2.13. The van der Waals surface area contributed by atoms with Gasteiger partial charge in [0.1, 0.15) is 11.5 Å². The number of hydrogen-bond acceptors (Lipinski definition) is 4. The van der Waals surface area contributed by atoms with E-state index in [0.717, 1.165) is 11.3 Å². The van der Waals surface area contributed by atoms with Gasteiger partial charge >= 0.3 is 0 Å². The lowest BCUT2D eigenvalue weighted by Crippen LogP contribution is -2.34. The first-order valence-corrected chi connectivity index (χ1v) is 8.26. The quantitative estimate of drug-likeness (QED) is 0.820. The number of carbonyl (C=O) groups is 1. The van der Waals surface area contributed by atoms with Crippen LogP contribution in [0.1, 0.15) is 22.0 Å². The Morgan fingerprint density at radius 3 is 2.36 bits per heavy atom. The molecule has 0 fully saturated rings. The average Bonchev–Trinajstić information content (AvgIpc) is 2.62.